The van der Waals surface area contributed by atoms with Gasteiger partial charge < -0.3 is 15.4 Å². The van der Waals surface area contributed by atoms with Crippen LogP contribution in [0.25, 0.3) is 0 Å². The predicted molar refractivity (Wildman–Crippen MR) is 73.8 cm³/mol. The van der Waals surface area contributed by atoms with E-state index in [1.807, 2.05) is 20.8 Å². The second-order valence-corrected chi connectivity index (χ2v) is 6.22. The highest BCUT2D eigenvalue weighted by Crippen LogP contribution is 2.22. The second-order valence-electron chi connectivity index (χ2n) is 6.22. The van der Waals surface area contributed by atoms with Crippen molar-refractivity contribution in [3.8, 4) is 0 Å². The summed E-state index contributed by atoms with van der Waals surface area (Å²) in [6.07, 6.45) is 3.12. The van der Waals surface area contributed by atoms with Crippen molar-refractivity contribution in [1.29, 1.82) is 0 Å². The average Bonchev–Trinajstić information content (AvgIpc) is 2.34. The van der Waals surface area contributed by atoms with Crippen LogP contribution in [0.2, 0.25) is 0 Å². The molecule has 1 atom stereocenters. The Kier molecular flexibility index (Phi) is 5.79. The minimum Gasteiger partial charge on any atom is -0.444 e. The van der Waals surface area contributed by atoms with Gasteiger partial charge >= 0.3 is 6.09 Å². The fraction of sp³-hybridized carbons (Fsp3) is 0.857. The number of Topliss-reactive ketones (excluding diaryl/α,β-unsaturated/α-hetero) is 1. The van der Waals surface area contributed by atoms with Gasteiger partial charge in [0, 0.05) is 19.5 Å². The lowest BCUT2D eigenvalue weighted by atomic mass is 9.93. The summed E-state index contributed by atoms with van der Waals surface area (Å²) in [7, 11) is 0. The van der Waals surface area contributed by atoms with Gasteiger partial charge in [-0.15, -0.1) is 0 Å². The number of amides is 1. The van der Waals surface area contributed by atoms with Gasteiger partial charge in [-0.3, -0.25) is 4.79 Å². The fourth-order valence-electron chi connectivity index (χ4n) is 2.26. The van der Waals surface area contributed by atoms with E-state index in [-0.39, 0.29) is 18.4 Å². The van der Waals surface area contributed by atoms with Crippen molar-refractivity contribution in [2.45, 2.75) is 52.1 Å². The van der Waals surface area contributed by atoms with Crippen molar-refractivity contribution >= 4 is 11.9 Å². The van der Waals surface area contributed by atoms with Gasteiger partial charge in [-0.25, -0.2) is 4.79 Å². The first-order valence-corrected chi connectivity index (χ1v) is 7.01. The monoisotopic (exact) mass is 270 g/mol. The number of hydrogen-bond donors (Lipinski definition) is 1. The summed E-state index contributed by atoms with van der Waals surface area (Å²) < 4.78 is 5.37. The van der Waals surface area contributed by atoms with Crippen LogP contribution >= 0.6 is 0 Å². The molecule has 0 bridgehead atoms. The van der Waals surface area contributed by atoms with Crippen LogP contribution < -0.4 is 5.73 Å². The molecule has 0 spiro atoms. The smallest absolute Gasteiger partial charge is 0.410 e. The van der Waals surface area contributed by atoms with Crippen LogP contribution in [0.5, 0.6) is 0 Å². The van der Waals surface area contributed by atoms with Crippen LogP contribution in [0.4, 0.5) is 4.79 Å². The van der Waals surface area contributed by atoms with E-state index in [0.717, 1.165) is 25.8 Å². The number of ether oxygens (including phenoxy) is 1. The van der Waals surface area contributed by atoms with Crippen LogP contribution in [-0.4, -0.2) is 42.0 Å². The van der Waals surface area contributed by atoms with Crippen LogP contribution in [-0.2, 0) is 9.53 Å². The number of carbonyl (C=O) groups is 2. The minimum atomic E-state index is -0.459. The third kappa shape index (κ3) is 6.05. The Labute approximate surface area is 115 Å². The predicted octanol–water partition coefficient (Wildman–Crippen LogP) is 1.94. The molecule has 1 saturated heterocycles. The van der Waals surface area contributed by atoms with Crippen LogP contribution in [0.1, 0.15) is 46.5 Å². The molecular weight excluding hydrogens is 244 g/mol. The molecular formula is C14H26N2O3. The van der Waals surface area contributed by atoms with Gasteiger partial charge in [0.15, 0.2) is 0 Å². The summed E-state index contributed by atoms with van der Waals surface area (Å²) >= 11 is 0. The molecule has 5 heteroatoms. The molecule has 2 N–H and O–H groups in total. The topological polar surface area (TPSA) is 72.6 Å². The minimum absolute atomic E-state index is 0.0920. The van der Waals surface area contributed by atoms with Gasteiger partial charge in [-0.05, 0) is 46.0 Å². The molecule has 0 radical (unpaired) electrons. The third-order valence-electron chi connectivity index (χ3n) is 3.23. The Morgan fingerprint density at radius 3 is 2.63 bits per heavy atom. The van der Waals surface area contributed by atoms with Gasteiger partial charge in [-0.1, -0.05) is 0 Å². The molecule has 1 fully saturated rings. The van der Waals surface area contributed by atoms with Crippen molar-refractivity contribution in [3.63, 3.8) is 0 Å². The van der Waals surface area contributed by atoms with E-state index in [9.17, 15) is 9.59 Å². The zero-order valence-corrected chi connectivity index (χ0v) is 12.3. The molecule has 1 heterocycles. The lowest BCUT2D eigenvalue weighted by Crippen LogP contribution is -2.43. The quantitative estimate of drug-likeness (QED) is 0.847. The van der Waals surface area contributed by atoms with E-state index in [0.29, 0.717) is 18.9 Å². The van der Waals surface area contributed by atoms with E-state index in [4.69, 9.17) is 10.5 Å². The first kappa shape index (κ1) is 16.0. The van der Waals surface area contributed by atoms with E-state index in [2.05, 4.69) is 0 Å². The molecule has 0 saturated carbocycles. The summed E-state index contributed by atoms with van der Waals surface area (Å²) in [4.78, 5) is 25.0. The second kappa shape index (κ2) is 6.89. The maximum absolute atomic E-state index is 12.0. The summed E-state index contributed by atoms with van der Waals surface area (Å²) in [5.41, 5.74) is 4.84. The Balaban J connectivity index is 2.41. The molecule has 1 amide bonds. The molecule has 1 aliphatic rings. The first-order valence-electron chi connectivity index (χ1n) is 7.01. The number of nitrogens with zero attached hydrogens (tertiary/aromatic N) is 1. The molecule has 1 rings (SSSR count). The normalized spacial score (nSPS) is 20.2. The highest BCUT2D eigenvalue weighted by molar-refractivity contribution is 5.80. The molecule has 1 unspecified atom stereocenters. The zero-order valence-electron chi connectivity index (χ0n) is 12.3. The molecule has 0 aliphatic carbocycles. The van der Waals surface area contributed by atoms with Gasteiger partial charge in [0.25, 0.3) is 0 Å². The molecule has 1 aliphatic heterocycles. The number of likely N-dealkylation sites (tertiary alicyclic amines) is 1. The molecule has 5 nitrogen and oxygen atoms in total. The van der Waals surface area contributed by atoms with Crippen LogP contribution in [0.15, 0.2) is 0 Å². The van der Waals surface area contributed by atoms with Gasteiger partial charge in [0.2, 0.25) is 0 Å². The Hall–Kier alpha value is -1.10. The molecule has 19 heavy (non-hydrogen) atoms. The van der Waals surface area contributed by atoms with Crippen molar-refractivity contribution in [3.05, 3.63) is 0 Å². The van der Waals surface area contributed by atoms with E-state index >= 15 is 0 Å². The van der Waals surface area contributed by atoms with Crippen molar-refractivity contribution < 1.29 is 14.3 Å². The fourth-order valence-corrected chi connectivity index (χ4v) is 2.26. The van der Waals surface area contributed by atoms with E-state index < -0.39 is 5.60 Å². The highest BCUT2D eigenvalue weighted by atomic mass is 16.6. The van der Waals surface area contributed by atoms with E-state index in [1.165, 1.54) is 0 Å². The van der Waals surface area contributed by atoms with Crippen molar-refractivity contribution in [1.82, 2.24) is 4.90 Å². The maximum atomic E-state index is 12.0. The third-order valence-corrected chi connectivity index (χ3v) is 3.23. The lowest BCUT2D eigenvalue weighted by Gasteiger charge is -2.34. The van der Waals surface area contributed by atoms with Gasteiger partial charge in [0.05, 0.1) is 6.54 Å². The Bertz CT molecular complexity index is 323. The molecule has 0 aromatic heterocycles. The number of rotatable bonds is 4. The molecule has 0 aromatic rings. The largest absolute Gasteiger partial charge is 0.444 e. The molecule has 110 valence electrons. The zero-order chi connectivity index (χ0) is 14.5. The highest BCUT2D eigenvalue weighted by Gasteiger charge is 2.27. The summed E-state index contributed by atoms with van der Waals surface area (Å²) in [5, 5.41) is 0. The molecule has 0 aromatic carbocycles. The number of ketones is 1. The number of carbonyl (C=O) groups excluding carboxylic acids is 2. The first-order chi connectivity index (χ1) is 8.81. The van der Waals surface area contributed by atoms with Gasteiger partial charge in [0.1, 0.15) is 11.4 Å². The maximum Gasteiger partial charge on any atom is 0.410 e. The summed E-state index contributed by atoms with van der Waals surface area (Å²) in [6.45, 7) is 7.15. The number of nitrogens with two attached hydrogens (primary N) is 1. The van der Waals surface area contributed by atoms with E-state index in [1.54, 1.807) is 4.90 Å². The van der Waals surface area contributed by atoms with Crippen LogP contribution in [0, 0.1) is 5.92 Å². The Morgan fingerprint density at radius 1 is 1.37 bits per heavy atom. The lowest BCUT2D eigenvalue weighted by molar-refractivity contribution is -0.118. The Morgan fingerprint density at radius 2 is 2.05 bits per heavy atom. The van der Waals surface area contributed by atoms with Crippen LogP contribution in [0.3, 0.4) is 0 Å². The number of piperidine rings is 1. The SMILES string of the molecule is CC(C)(C)OC(=O)N1CCCC(CCC(=O)CN)C1. The standard InChI is InChI=1S/C14H26N2O3/c1-14(2,3)19-13(18)16-8-4-5-11(10-16)6-7-12(17)9-15/h11H,4-10,15H2,1-3H3. The van der Waals surface area contributed by atoms with Crippen molar-refractivity contribution in [2.24, 2.45) is 11.7 Å². The number of hydrogen-bond acceptors (Lipinski definition) is 4. The van der Waals surface area contributed by atoms with Crippen molar-refractivity contribution in [2.75, 3.05) is 19.6 Å². The summed E-state index contributed by atoms with van der Waals surface area (Å²) in [5.74, 6) is 0.478. The average molecular weight is 270 g/mol. The summed E-state index contributed by atoms with van der Waals surface area (Å²) in [6, 6.07) is 0. The van der Waals surface area contributed by atoms with Gasteiger partial charge in [-0.2, -0.15) is 0 Å².